The fraction of sp³-hybridized carbons (Fsp3) is 0.182. The minimum Gasteiger partial charge on any atom is -0.361 e. The molecule has 1 aromatic carbocycles. The number of nitrogens with one attached hydrogen (secondary N) is 2. The van der Waals surface area contributed by atoms with Crippen LogP contribution in [0.15, 0.2) is 30.5 Å². The van der Waals surface area contributed by atoms with Crippen molar-refractivity contribution in [1.82, 2.24) is 4.98 Å². The van der Waals surface area contributed by atoms with E-state index in [0.717, 1.165) is 16.6 Å². The van der Waals surface area contributed by atoms with Gasteiger partial charge in [0.25, 0.3) is 0 Å². The Balaban J connectivity index is 2.17. The maximum absolute atomic E-state index is 11.3. The first kappa shape index (κ1) is 10.1. The van der Waals surface area contributed by atoms with Gasteiger partial charge in [0, 0.05) is 29.7 Å². The average Bonchev–Trinajstić information content (AvgIpc) is 2.65. The van der Waals surface area contributed by atoms with Gasteiger partial charge in [-0.3, -0.25) is 4.79 Å². The molecule has 78 valence electrons. The van der Waals surface area contributed by atoms with E-state index in [1.54, 1.807) is 0 Å². The summed E-state index contributed by atoms with van der Waals surface area (Å²) in [6.07, 6.45) is 2.21. The van der Waals surface area contributed by atoms with E-state index < -0.39 is 0 Å². The molecule has 2 rings (SSSR count). The highest BCUT2D eigenvalue weighted by molar-refractivity contribution is 6.19. The highest BCUT2D eigenvalue weighted by Gasteiger charge is 2.02. The van der Waals surface area contributed by atoms with Gasteiger partial charge in [-0.25, -0.2) is 0 Å². The van der Waals surface area contributed by atoms with Gasteiger partial charge in [0.05, 0.1) is 0 Å². The lowest BCUT2D eigenvalue weighted by Gasteiger charge is -2.03. The largest absolute Gasteiger partial charge is 0.361 e. The lowest BCUT2D eigenvalue weighted by atomic mass is 10.2. The van der Waals surface area contributed by atoms with Gasteiger partial charge in [-0.05, 0) is 23.6 Å². The number of alkyl halides is 1. The molecule has 0 aliphatic rings. The molecule has 2 N–H and O–H groups in total. The topological polar surface area (TPSA) is 44.9 Å². The van der Waals surface area contributed by atoms with Crippen molar-refractivity contribution in [1.29, 1.82) is 0 Å². The van der Waals surface area contributed by atoms with Crippen LogP contribution < -0.4 is 5.32 Å². The molecular weight excluding hydrogens is 212 g/mol. The molecule has 0 spiro atoms. The number of carbonyl (C=O) groups excluding carboxylic acids is 1. The van der Waals surface area contributed by atoms with E-state index >= 15 is 0 Å². The summed E-state index contributed by atoms with van der Waals surface area (Å²) in [5, 5.41) is 3.91. The van der Waals surface area contributed by atoms with Crippen molar-refractivity contribution in [3.63, 3.8) is 0 Å². The lowest BCUT2D eigenvalue weighted by Crippen LogP contribution is -2.11. The summed E-state index contributed by atoms with van der Waals surface area (Å²) in [7, 11) is 0. The Morgan fingerprint density at radius 3 is 3.07 bits per heavy atom. The third-order valence-electron chi connectivity index (χ3n) is 2.16. The number of anilines is 1. The van der Waals surface area contributed by atoms with Gasteiger partial charge >= 0.3 is 0 Å². The molecule has 4 heteroatoms. The lowest BCUT2D eigenvalue weighted by molar-refractivity contribution is -0.115. The summed E-state index contributed by atoms with van der Waals surface area (Å²) in [5.41, 5.74) is 1.80. The summed E-state index contributed by atoms with van der Waals surface area (Å²) in [5.74, 6) is 0.284. The van der Waals surface area contributed by atoms with E-state index in [-0.39, 0.29) is 5.91 Å². The number of benzene rings is 1. The van der Waals surface area contributed by atoms with Gasteiger partial charge in [0.15, 0.2) is 0 Å². The number of H-pyrrole nitrogens is 1. The van der Waals surface area contributed by atoms with Crippen LogP contribution in [0.25, 0.3) is 10.9 Å². The van der Waals surface area contributed by atoms with Crippen LogP contribution in [-0.2, 0) is 4.79 Å². The summed E-state index contributed by atoms with van der Waals surface area (Å²) >= 11 is 5.47. The van der Waals surface area contributed by atoms with Gasteiger partial charge in [-0.2, -0.15) is 0 Å². The summed E-state index contributed by atoms with van der Waals surface area (Å²) in [4.78, 5) is 14.4. The van der Waals surface area contributed by atoms with Crippen LogP contribution in [-0.4, -0.2) is 16.8 Å². The molecule has 3 nitrogen and oxygen atoms in total. The van der Waals surface area contributed by atoms with Crippen LogP contribution in [0.4, 0.5) is 5.69 Å². The normalized spacial score (nSPS) is 10.5. The van der Waals surface area contributed by atoms with Gasteiger partial charge in [-0.1, -0.05) is 6.07 Å². The van der Waals surface area contributed by atoms with Crippen LogP contribution in [0.3, 0.4) is 0 Å². The van der Waals surface area contributed by atoms with Gasteiger partial charge in [-0.15, -0.1) is 11.6 Å². The van der Waals surface area contributed by atoms with Crippen LogP contribution in [0.2, 0.25) is 0 Å². The molecular formula is C11H11ClN2O. The third-order valence-corrected chi connectivity index (χ3v) is 2.35. The Morgan fingerprint density at radius 1 is 1.40 bits per heavy atom. The second kappa shape index (κ2) is 4.36. The number of aromatic nitrogens is 1. The van der Waals surface area contributed by atoms with Crippen LogP contribution in [0.1, 0.15) is 6.42 Å². The minimum absolute atomic E-state index is 0.0593. The molecule has 15 heavy (non-hydrogen) atoms. The molecule has 0 aliphatic carbocycles. The van der Waals surface area contributed by atoms with Crippen molar-refractivity contribution in [3.05, 3.63) is 30.5 Å². The van der Waals surface area contributed by atoms with Crippen molar-refractivity contribution < 1.29 is 4.79 Å². The van der Waals surface area contributed by atoms with Crippen molar-refractivity contribution >= 4 is 34.1 Å². The SMILES string of the molecule is O=C(CCCl)Nc1ccc2cc[nH]c2c1. The number of aromatic amines is 1. The number of hydrogen-bond donors (Lipinski definition) is 2. The number of fused-ring (bicyclic) bond motifs is 1. The fourth-order valence-electron chi connectivity index (χ4n) is 1.43. The second-order valence-electron chi connectivity index (χ2n) is 3.27. The van der Waals surface area contributed by atoms with Gasteiger partial charge in [0.2, 0.25) is 5.91 Å². The Morgan fingerprint density at radius 2 is 2.27 bits per heavy atom. The molecule has 0 saturated heterocycles. The van der Waals surface area contributed by atoms with Crippen LogP contribution in [0, 0.1) is 0 Å². The second-order valence-corrected chi connectivity index (χ2v) is 3.64. The molecule has 2 aromatic rings. The van der Waals surface area contributed by atoms with Crippen molar-refractivity contribution in [2.75, 3.05) is 11.2 Å². The number of halogens is 1. The zero-order chi connectivity index (χ0) is 10.7. The standard InChI is InChI=1S/C11H11ClN2O/c12-5-3-11(15)14-9-2-1-8-4-6-13-10(8)7-9/h1-2,4,6-7,13H,3,5H2,(H,14,15). The zero-order valence-corrected chi connectivity index (χ0v) is 8.84. The molecule has 0 aliphatic heterocycles. The quantitative estimate of drug-likeness (QED) is 0.771. The van der Waals surface area contributed by atoms with Gasteiger partial charge < -0.3 is 10.3 Å². The smallest absolute Gasteiger partial charge is 0.225 e. The van der Waals surface area contributed by atoms with Crippen molar-refractivity contribution in [3.8, 4) is 0 Å². The van der Waals surface area contributed by atoms with Crippen molar-refractivity contribution in [2.45, 2.75) is 6.42 Å². The summed E-state index contributed by atoms with van der Waals surface area (Å²) < 4.78 is 0. The van der Waals surface area contributed by atoms with E-state index in [0.29, 0.717) is 12.3 Å². The van der Waals surface area contributed by atoms with E-state index in [2.05, 4.69) is 10.3 Å². The Labute approximate surface area is 92.4 Å². The number of amides is 1. The summed E-state index contributed by atoms with van der Waals surface area (Å²) in [6.45, 7) is 0. The highest BCUT2D eigenvalue weighted by Crippen LogP contribution is 2.17. The van der Waals surface area contributed by atoms with Crippen LogP contribution in [0.5, 0.6) is 0 Å². The van der Waals surface area contributed by atoms with E-state index in [1.165, 1.54) is 0 Å². The first-order valence-electron chi connectivity index (χ1n) is 4.72. The maximum atomic E-state index is 11.3. The Kier molecular flexibility index (Phi) is 2.92. The molecule has 1 aromatic heterocycles. The molecule has 0 bridgehead atoms. The number of carbonyl (C=O) groups is 1. The van der Waals surface area contributed by atoms with E-state index in [1.807, 2.05) is 30.5 Å². The van der Waals surface area contributed by atoms with Gasteiger partial charge in [0.1, 0.15) is 0 Å². The molecule has 0 fully saturated rings. The monoisotopic (exact) mass is 222 g/mol. The minimum atomic E-state index is -0.0593. The third kappa shape index (κ3) is 2.30. The van der Waals surface area contributed by atoms with Crippen molar-refractivity contribution in [2.24, 2.45) is 0 Å². The number of hydrogen-bond acceptors (Lipinski definition) is 1. The maximum Gasteiger partial charge on any atom is 0.225 e. The molecule has 1 amide bonds. The van der Waals surface area contributed by atoms with E-state index in [4.69, 9.17) is 11.6 Å². The molecule has 1 heterocycles. The number of rotatable bonds is 3. The predicted octanol–water partition coefficient (Wildman–Crippen LogP) is 2.74. The average molecular weight is 223 g/mol. The molecule has 0 unspecified atom stereocenters. The first-order valence-corrected chi connectivity index (χ1v) is 5.26. The molecule has 0 atom stereocenters. The van der Waals surface area contributed by atoms with E-state index in [9.17, 15) is 4.79 Å². The zero-order valence-electron chi connectivity index (χ0n) is 8.09. The molecule has 0 saturated carbocycles. The fourth-order valence-corrected chi connectivity index (χ4v) is 1.61. The molecule has 0 radical (unpaired) electrons. The van der Waals surface area contributed by atoms with Crippen LogP contribution >= 0.6 is 11.6 Å². The Bertz CT molecular complexity index is 478. The summed E-state index contributed by atoms with van der Waals surface area (Å²) in [6, 6.07) is 7.73. The Hall–Kier alpha value is -1.48. The predicted molar refractivity (Wildman–Crippen MR) is 62.3 cm³/mol. The first-order chi connectivity index (χ1) is 7.29. The highest BCUT2D eigenvalue weighted by atomic mass is 35.5.